The molecule has 1 aromatic carbocycles. The third-order valence-corrected chi connectivity index (χ3v) is 7.94. The minimum Gasteiger partial charge on any atom is -0.508 e. The first-order chi connectivity index (χ1) is 17.1. The molecule has 0 unspecified atom stereocenters. The van der Waals surface area contributed by atoms with E-state index in [1.807, 2.05) is 13.8 Å². The van der Waals surface area contributed by atoms with E-state index in [4.69, 9.17) is 18.9 Å². The summed E-state index contributed by atoms with van der Waals surface area (Å²) >= 11 is 0. The highest BCUT2D eigenvalue weighted by molar-refractivity contribution is 5.80. The summed E-state index contributed by atoms with van der Waals surface area (Å²) in [4.78, 5) is 50.1. The second-order valence-corrected chi connectivity index (χ2v) is 10.6. The Labute approximate surface area is 216 Å². The smallest absolute Gasteiger partial charge is 0.315 e. The van der Waals surface area contributed by atoms with Gasteiger partial charge >= 0.3 is 23.9 Å². The number of hydrogen-bond donors (Lipinski definition) is 2. The number of methoxy groups -OCH3 is 1. The van der Waals surface area contributed by atoms with Crippen molar-refractivity contribution in [1.82, 2.24) is 0 Å². The third-order valence-electron chi connectivity index (χ3n) is 7.94. The maximum atomic E-state index is 13.5. The molecule has 0 spiro atoms. The average Bonchev–Trinajstić information content (AvgIpc) is 2.78. The topological polar surface area (TPSA) is 146 Å². The number of aliphatic hydroxyl groups is 1. The molecule has 7 atom stereocenters. The molecule has 0 bridgehead atoms. The Morgan fingerprint density at radius 3 is 1.97 bits per heavy atom. The highest BCUT2D eigenvalue weighted by Crippen LogP contribution is 2.63. The number of rotatable bonds is 5. The van der Waals surface area contributed by atoms with E-state index < -0.39 is 65.0 Å². The molecule has 0 aliphatic heterocycles. The van der Waals surface area contributed by atoms with Crippen molar-refractivity contribution < 1.29 is 48.3 Å². The predicted octanol–water partition coefficient (Wildman–Crippen LogP) is 2.81. The zero-order chi connectivity index (χ0) is 28.0. The number of esters is 4. The van der Waals surface area contributed by atoms with E-state index in [1.165, 1.54) is 34.8 Å². The normalized spacial score (nSPS) is 32.5. The van der Waals surface area contributed by atoms with E-state index in [9.17, 15) is 29.4 Å². The SMILES string of the molecule is COC(=O)[C@@]1(C)[C@H]2[C@H](OC(C)=O)[C@@H](O)c3cc(C(C)C)cc(O)c3[C@@]2(C)[C@@H](OC(C)=O)C[C@H]1OC(C)=O. The first-order valence-corrected chi connectivity index (χ1v) is 12.3. The Morgan fingerprint density at radius 1 is 0.946 bits per heavy atom. The van der Waals surface area contributed by atoms with Crippen LogP contribution < -0.4 is 0 Å². The minimum absolute atomic E-state index is 0.00888. The molecule has 10 heteroatoms. The summed E-state index contributed by atoms with van der Waals surface area (Å²) in [5.41, 5.74) is -1.76. The molecule has 10 nitrogen and oxygen atoms in total. The molecule has 1 fully saturated rings. The Hall–Kier alpha value is -3.14. The predicted molar refractivity (Wildman–Crippen MR) is 129 cm³/mol. The van der Waals surface area contributed by atoms with Crippen molar-refractivity contribution in [1.29, 1.82) is 0 Å². The van der Waals surface area contributed by atoms with Crippen LogP contribution in [0.4, 0.5) is 0 Å². The molecular formula is C27H36O10. The molecule has 0 aromatic heterocycles. The minimum atomic E-state index is -1.67. The molecule has 0 saturated heterocycles. The maximum Gasteiger partial charge on any atom is 0.315 e. The van der Waals surface area contributed by atoms with Gasteiger partial charge in [-0.3, -0.25) is 19.2 Å². The third kappa shape index (κ3) is 4.56. The molecule has 2 aliphatic rings. The summed E-state index contributed by atoms with van der Waals surface area (Å²) in [5.74, 6) is -4.13. The first-order valence-electron chi connectivity index (χ1n) is 12.3. The molecule has 1 saturated carbocycles. The molecule has 2 aliphatic carbocycles. The molecule has 0 amide bonds. The van der Waals surface area contributed by atoms with Gasteiger partial charge in [-0.1, -0.05) is 26.8 Å². The summed E-state index contributed by atoms with van der Waals surface area (Å²) in [7, 11) is 1.17. The summed E-state index contributed by atoms with van der Waals surface area (Å²) < 4.78 is 22.1. The number of ether oxygens (including phenoxy) is 4. The van der Waals surface area contributed by atoms with E-state index in [-0.39, 0.29) is 23.7 Å². The van der Waals surface area contributed by atoms with Crippen LogP contribution in [0.1, 0.15) is 83.6 Å². The lowest BCUT2D eigenvalue weighted by molar-refractivity contribution is -0.229. The Morgan fingerprint density at radius 2 is 1.49 bits per heavy atom. The second kappa shape index (κ2) is 9.96. The van der Waals surface area contributed by atoms with Crippen molar-refractivity contribution in [2.75, 3.05) is 7.11 Å². The van der Waals surface area contributed by atoms with Crippen molar-refractivity contribution in [2.45, 2.75) is 90.6 Å². The molecular weight excluding hydrogens is 484 g/mol. The highest BCUT2D eigenvalue weighted by atomic mass is 16.6. The number of aromatic hydroxyl groups is 1. The van der Waals surface area contributed by atoms with Crippen LogP contribution in [0.3, 0.4) is 0 Å². The monoisotopic (exact) mass is 520 g/mol. The van der Waals surface area contributed by atoms with Crippen LogP contribution in [0.15, 0.2) is 12.1 Å². The summed E-state index contributed by atoms with van der Waals surface area (Å²) in [6.45, 7) is 10.6. The fourth-order valence-corrected chi connectivity index (χ4v) is 6.43. The van der Waals surface area contributed by atoms with Gasteiger partial charge in [0.15, 0.2) is 0 Å². The van der Waals surface area contributed by atoms with Crippen molar-refractivity contribution in [3.05, 3.63) is 28.8 Å². The number of fused-ring (bicyclic) bond motifs is 3. The van der Waals surface area contributed by atoms with Gasteiger partial charge in [-0.2, -0.15) is 0 Å². The largest absolute Gasteiger partial charge is 0.508 e. The summed E-state index contributed by atoms with van der Waals surface area (Å²) in [6, 6.07) is 3.30. The van der Waals surface area contributed by atoms with Crippen LogP contribution in [-0.4, -0.2) is 59.5 Å². The zero-order valence-corrected chi connectivity index (χ0v) is 22.5. The number of hydrogen-bond acceptors (Lipinski definition) is 10. The quantitative estimate of drug-likeness (QED) is 0.439. The van der Waals surface area contributed by atoms with Crippen molar-refractivity contribution in [2.24, 2.45) is 11.3 Å². The molecule has 2 N–H and O–H groups in total. The fraction of sp³-hybridized carbons (Fsp3) is 0.630. The van der Waals surface area contributed by atoms with Gasteiger partial charge in [0.1, 0.15) is 35.6 Å². The van der Waals surface area contributed by atoms with Gasteiger partial charge in [0.25, 0.3) is 0 Å². The Balaban J connectivity index is 2.46. The molecule has 0 radical (unpaired) electrons. The van der Waals surface area contributed by atoms with Gasteiger partial charge in [-0.25, -0.2) is 0 Å². The van der Waals surface area contributed by atoms with Crippen LogP contribution in [0.5, 0.6) is 5.75 Å². The molecule has 1 aromatic rings. The summed E-state index contributed by atoms with van der Waals surface area (Å²) in [5, 5.41) is 23.0. The number of carbonyl (C=O) groups excluding carboxylic acids is 4. The Kier molecular flexibility index (Phi) is 7.66. The second-order valence-electron chi connectivity index (χ2n) is 10.6. The van der Waals surface area contributed by atoms with Crippen LogP contribution >= 0.6 is 0 Å². The van der Waals surface area contributed by atoms with Gasteiger partial charge in [-0.05, 0) is 30.0 Å². The van der Waals surface area contributed by atoms with Crippen LogP contribution in [0.25, 0.3) is 0 Å². The van der Waals surface area contributed by atoms with Gasteiger partial charge in [0, 0.05) is 44.1 Å². The maximum absolute atomic E-state index is 13.5. The van der Waals surface area contributed by atoms with E-state index in [2.05, 4.69) is 0 Å². The van der Waals surface area contributed by atoms with Crippen molar-refractivity contribution >= 4 is 23.9 Å². The van der Waals surface area contributed by atoms with Gasteiger partial charge < -0.3 is 29.2 Å². The summed E-state index contributed by atoms with van der Waals surface area (Å²) in [6.07, 6.45) is -5.09. The van der Waals surface area contributed by atoms with Gasteiger partial charge in [-0.15, -0.1) is 0 Å². The van der Waals surface area contributed by atoms with E-state index in [1.54, 1.807) is 19.1 Å². The van der Waals surface area contributed by atoms with Crippen LogP contribution in [-0.2, 0) is 43.5 Å². The van der Waals surface area contributed by atoms with E-state index in [0.717, 1.165) is 5.56 Å². The van der Waals surface area contributed by atoms with Gasteiger partial charge in [0.2, 0.25) is 0 Å². The number of aliphatic hydroxyl groups excluding tert-OH is 1. The first kappa shape index (κ1) is 28.4. The lowest BCUT2D eigenvalue weighted by Crippen LogP contribution is -2.70. The zero-order valence-electron chi connectivity index (χ0n) is 22.5. The van der Waals surface area contributed by atoms with Crippen LogP contribution in [0, 0.1) is 11.3 Å². The molecule has 0 heterocycles. The number of phenolic OH excluding ortho intramolecular Hbond substituents is 1. The molecule has 3 rings (SSSR count). The lowest BCUT2D eigenvalue weighted by Gasteiger charge is -2.61. The van der Waals surface area contributed by atoms with E-state index in [0.29, 0.717) is 5.56 Å². The number of phenols is 1. The standard InChI is InChI=1S/C27H36O10/c1-12(2)16-9-17-21(18(31)10-16)26(6)19(35-13(3)28)11-20(36-14(4)29)27(7,25(33)34-8)24(26)23(22(17)32)37-15(5)30/h9-10,12,19-20,22-24,31-32H,11H2,1-8H3/t19-,20+,22-,23+,24-,26+,27+/m0/s1. The molecule has 204 valence electrons. The Bertz CT molecular complexity index is 1110. The fourth-order valence-electron chi connectivity index (χ4n) is 6.43. The van der Waals surface area contributed by atoms with Crippen LogP contribution in [0.2, 0.25) is 0 Å². The van der Waals surface area contributed by atoms with Crippen molar-refractivity contribution in [3.8, 4) is 5.75 Å². The van der Waals surface area contributed by atoms with Gasteiger partial charge in [0.05, 0.1) is 7.11 Å². The molecule has 37 heavy (non-hydrogen) atoms. The average molecular weight is 521 g/mol. The number of benzene rings is 1. The van der Waals surface area contributed by atoms with Crippen molar-refractivity contribution in [3.63, 3.8) is 0 Å². The number of carbonyl (C=O) groups is 4. The highest BCUT2D eigenvalue weighted by Gasteiger charge is 2.71. The lowest BCUT2D eigenvalue weighted by atomic mass is 9.46. The van der Waals surface area contributed by atoms with E-state index >= 15 is 0 Å².